The molecule has 3 aromatic rings. The molecule has 1 N–H and O–H groups in total. The van der Waals surface area contributed by atoms with Crippen LogP contribution in [0, 0.1) is 0 Å². The van der Waals surface area contributed by atoms with Crippen LogP contribution in [0.15, 0.2) is 55.1 Å². The average molecular weight is 323 g/mol. The maximum atomic E-state index is 12.3. The summed E-state index contributed by atoms with van der Waals surface area (Å²) >= 11 is 0. The van der Waals surface area contributed by atoms with E-state index in [9.17, 15) is 9.59 Å². The van der Waals surface area contributed by atoms with Gasteiger partial charge in [-0.2, -0.15) is 0 Å². The highest BCUT2D eigenvalue weighted by Crippen LogP contribution is 2.17. The maximum absolute atomic E-state index is 12.3. The topological polar surface area (TPSA) is 99.0 Å². The molecule has 0 aliphatic rings. The van der Waals surface area contributed by atoms with Gasteiger partial charge in [-0.15, -0.1) is 10.2 Å². The number of nitrogens with one attached hydrogen (secondary N) is 1. The average Bonchev–Trinajstić information content (AvgIpc) is 3.16. The van der Waals surface area contributed by atoms with Crippen LogP contribution in [0.3, 0.4) is 0 Å². The molecule has 0 spiro atoms. The Balaban J connectivity index is 1.80. The number of imidazole rings is 1. The molecule has 0 radical (unpaired) electrons. The third kappa shape index (κ3) is 3.12. The molecule has 3 rings (SSSR count). The molecule has 0 saturated heterocycles. The van der Waals surface area contributed by atoms with E-state index in [4.69, 9.17) is 4.74 Å². The van der Waals surface area contributed by atoms with Gasteiger partial charge in [0, 0.05) is 12.4 Å². The van der Waals surface area contributed by atoms with Crippen molar-refractivity contribution in [3.63, 3.8) is 0 Å². The fourth-order valence-electron chi connectivity index (χ4n) is 2.05. The van der Waals surface area contributed by atoms with Gasteiger partial charge in [0.2, 0.25) is 0 Å². The number of carbonyl (C=O) groups is 2. The predicted octanol–water partition coefficient (Wildman–Crippen LogP) is 1.70. The van der Waals surface area contributed by atoms with E-state index in [-0.39, 0.29) is 11.3 Å². The van der Waals surface area contributed by atoms with Gasteiger partial charge in [-0.25, -0.2) is 9.78 Å². The van der Waals surface area contributed by atoms with Gasteiger partial charge in [0.1, 0.15) is 6.33 Å². The molecule has 0 bridgehead atoms. The lowest BCUT2D eigenvalue weighted by Crippen LogP contribution is -2.17. The molecule has 0 aliphatic carbocycles. The van der Waals surface area contributed by atoms with E-state index in [1.807, 2.05) is 0 Å². The molecule has 0 fully saturated rings. The number of hydrogen-bond acceptors (Lipinski definition) is 6. The predicted molar refractivity (Wildman–Crippen MR) is 84.9 cm³/mol. The van der Waals surface area contributed by atoms with E-state index in [1.54, 1.807) is 59.7 Å². The summed E-state index contributed by atoms with van der Waals surface area (Å²) in [7, 11) is 1.28. The molecule has 0 unspecified atom stereocenters. The quantitative estimate of drug-likeness (QED) is 0.734. The highest BCUT2D eigenvalue weighted by atomic mass is 16.5. The number of aromatic nitrogens is 4. The van der Waals surface area contributed by atoms with Gasteiger partial charge in [-0.1, -0.05) is 12.1 Å². The Hall–Kier alpha value is -3.55. The summed E-state index contributed by atoms with van der Waals surface area (Å²) < 4.78 is 6.36. The zero-order valence-corrected chi connectivity index (χ0v) is 12.7. The minimum atomic E-state index is -0.535. The lowest BCUT2D eigenvalue weighted by atomic mass is 10.1. The van der Waals surface area contributed by atoms with Crippen LogP contribution in [0.2, 0.25) is 0 Å². The Kier molecular flexibility index (Phi) is 4.28. The molecular weight excluding hydrogens is 310 g/mol. The van der Waals surface area contributed by atoms with E-state index < -0.39 is 11.9 Å². The van der Waals surface area contributed by atoms with Crippen molar-refractivity contribution in [3.8, 4) is 5.82 Å². The summed E-state index contributed by atoms with van der Waals surface area (Å²) in [5.41, 5.74) is 0.727. The van der Waals surface area contributed by atoms with Gasteiger partial charge in [0.25, 0.3) is 5.91 Å². The van der Waals surface area contributed by atoms with Crippen molar-refractivity contribution in [2.45, 2.75) is 0 Å². The fraction of sp³-hybridized carbons (Fsp3) is 0.0625. The highest BCUT2D eigenvalue weighted by molar-refractivity contribution is 6.06. The smallest absolute Gasteiger partial charge is 0.339 e. The summed E-state index contributed by atoms with van der Waals surface area (Å²) in [4.78, 5) is 27.9. The Labute approximate surface area is 137 Å². The number of anilines is 1. The van der Waals surface area contributed by atoms with Crippen LogP contribution in [0.25, 0.3) is 5.82 Å². The molecule has 2 heterocycles. The zero-order chi connectivity index (χ0) is 16.9. The molecule has 24 heavy (non-hydrogen) atoms. The van der Waals surface area contributed by atoms with Crippen molar-refractivity contribution < 1.29 is 14.3 Å². The molecule has 8 heteroatoms. The van der Waals surface area contributed by atoms with E-state index in [0.29, 0.717) is 11.5 Å². The minimum Gasteiger partial charge on any atom is -0.465 e. The minimum absolute atomic E-state index is 0.124. The van der Waals surface area contributed by atoms with Crippen molar-refractivity contribution in [3.05, 3.63) is 66.4 Å². The van der Waals surface area contributed by atoms with Crippen LogP contribution < -0.4 is 5.32 Å². The van der Waals surface area contributed by atoms with Gasteiger partial charge in [0.05, 0.1) is 18.4 Å². The number of para-hydroxylation sites is 1. The normalized spacial score (nSPS) is 10.2. The van der Waals surface area contributed by atoms with Crippen molar-refractivity contribution >= 4 is 17.6 Å². The molecule has 0 aliphatic heterocycles. The molecular formula is C16H13N5O3. The second kappa shape index (κ2) is 6.69. The molecule has 120 valence electrons. The Morgan fingerprint density at radius 2 is 1.96 bits per heavy atom. The van der Waals surface area contributed by atoms with Crippen molar-refractivity contribution in [2.24, 2.45) is 0 Å². The first-order valence-corrected chi connectivity index (χ1v) is 7.00. The zero-order valence-electron chi connectivity index (χ0n) is 12.7. The summed E-state index contributed by atoms with van der Waals surface area (Å²) in [5.74, 6) is -0.470. The van der Waals surface area contributed by atoms with Crippen LogP contribution in [-0.2, 0) is 4.74 Å². The number of amides is 1. The first-order chi connectivity index (χ1) is 11.7. The van der Waals surface area contributed by atoms with Gasteiger partial charge >= 0.3 is 5.97 Å². The summed E-state index contributed by atoms with van der Waals surface area (Å²) in [6.07, 6.45) is 4.92. The number of nitrogens with zero attached hydrogens (tertiary/aromatic N) is 4. The molecule has 0 atom stereocenters. The third-order valence-corrected chi connectivity index (χ3v) is 3.23. The number of methoxy groups -OCH3 is 1. The number of ether oxygens (including phenoxy) is 1. The highest BCUT2D eigenvalue weighted by Gasteiger charge is 2.15. The van der Waals surface area contributed by atoms with Crippen LogP contribution in [0.4, 0.5) is 5.69 Å². The van der Waals surface area contributed by atoms with E-state index >= 15 is 0 Å². The second-order valence-corrected chi connectivity index (χ2v) is 4.74. The third-order valence-electron chi connectivity index (χ3n) is 3.23. The van der Waals surface area contributed by atoms with Crippen LogP contribution in [0.5, 0.6) is 0 Å². The van der Waals surface area contributed by atoms with E-state index in [2.05, 4.69) is 20.5 Å². The molecule has 0 saturated carbocycles. The van der Waals surface area contributed by atoms with Gasteiger partial charge in [-0.05, 0) is 24.3 Å². The molecule has 2 aromatic heterocycles. The lowest BCUT2D eigenvalue weighted by molar-refractivity contribution is 0.0602. The van der Waals surface area contributed by atoms with E-state index in [1.165, 1.54) is 7.11 Å². The molecule has 1 amide bonds. The fourth-order valence-corrected chi connectivity index (χ4v) is 2.05. The van der Waals surface area contributed by atoms with Gasteiger partial charge in [0.15, 0.2) is 11.5 Å². The van der Waals surface area contributed by atoms with E-state index in [0.717, 1.165) is 0 Å². The van der Waals surface area contributed by atoms with Crippen LogP contribution in [0.1, 0.15) is 20.8 Å². The number of carbonyl (C=O) groups excluding carboxylic acids is 2. The first-order valence-electron chi connectivity index (χ1n) is 7.00. The van der Waals surface area contributed by atoms with Crippen LogP contribution in [-0.4, -0.2) is 38.7 Å². The summed E-state index contributed by atoms with van der Waals surface area (Å²) in [5, 5.41) is 10.5. The van der Waals surface area contributed by atoms with Crippen LogP contribution >= 0.6 is 0 Å². The Morgan fingerprint density at radius 3 is 2.62 bits per heavy atom. The Bertz CT molecular complexity index is 860. The lowest BCUT2D eigenvalue weighted by Gasteiger charge is -2.09. The molecule has 1 aromatic carbocycles. The van der Waals surface area contributed by atoms with Gasteiger partial charge in [-0.3, -0.25) is 9.36 Å². The van der Waals surface area contributed by atoms with Gasteiger partial charge < -0.3 is 10.1 Å². The second-order valence-electron chi connectivity index (χ2n) is 4.74. The summed E-state index contributed by atoms with van der Waals surface area (Å²) in [6, 6.07) is 9.75. The number of esters is 1. The largest absolute Gasteiger partial charge is 0.465 e. The first kappa shape index (κ1) is 15.3. The maximum Gasteiger partial charge on any atom is 0.339 e. The number of rotatable bonds is 4. The van der Waals surface area contributed by atoms with Crippen molar-refractivity contribution in [1.82, 2.24) is 19.7 Å². The monoisotopic (exact) mass is 323 g/mol. The molecule has 8 nitrogen and oxygen atoms in total. The SMILES string of the molecule is COC(=O)c1ccccc1NC(=O)c1ccc(-n2ccnc2)nn1. The number of hydrogen-bond donors (Lipinski definition) is 1. The summed E-state index contributed by atoms with van der Waals surface area (Å²) in [6.45, 7) is 0. The standard InChI is InChI=1S/C16H13N5O3/c1-24-16(23)11-4-2-3-5-12(11)18-15(22)13-6-7-14(20-19-13)21-9-8-17-10-21/h2-10H,1H3,(H,18,22). The van der Waals surface area contributed by atoms with Crippen molar-refractivity contribution in [1.29, 1.82) is 0 Å². The van der Waals surface area contributed by atoms with Crippen molar-refractivity contribution in [2.75, 3.05) is 12.4 Å². The Morgan fingerprint density at radius 1 is 1.12 bits per heavy atom. The number of benzene rings is 1.